The molecule has 1 amide bonds. The Morgan fingerprint density at radius 1 is 1.05 bits per heavy atom. The molecule has 0 unspecified atom stereocenters. The number of furan rings is 1. The van der Waals surface area contributed by atoms with Crippen LogP contribution in [-0.2, 0) is 4.79 Å². The molecule has 5 aromatic rings. The predicted octanol–water partition coefficient (Wildman–Crippen LogP) is 6.30. The number of carbonyl (C=O) groups excluding carboxylic acids is 1. The first-order valence-corrected chi connectivity index (χ1v) is 15.0. The molecular formula is C33H26BrN3O4S. The molecular weight excluding hydrogens is 614 g/mol. The second-order valence-electron chi connectivity index (χ2n) is 9.61. The Labute approximate surface area is 254 Å². The van der Waals surface area contributed by atoms with E-state index >= 15 is 0 Å². The molecule has 210 valence electrons. The molecule has 0 fully saturated rings. The highest BCUT2D eigenvalue weighted by atomic mass is 79.9. The van der Waals surface area contributed by atoms with Crippen molar-refractivity contribution in [1.82, 2.24) is 4.57 Å². The Morgan fingerprint density at radius 3 is 2.50 bits per heavy atom. The number of anilines is 1. The molecule has 3 heterocycles. The maximum absolute atomic E-state index is 14.0. The van der Waals surface area contributed by atoms with Gasteiger partial charge in [0.25, 0.3) is 11.5 Å². The van der Waals surface area contributed by atoms with Gasteiger partial charge in [0.05, 0.1) is 28.5 Å². The van der Waals surface area contributed by atoms with Gasteiger partial charge < -0.3 is 14.5 Å². The van der Waals surface area contributed by atoms with Crippen molar-refractivity contribution in [2.75, 3.05) is 11.9 Å². The Bertz CT molecular complexity index is 1970. The minimum atomic E-state index is -0.683. The number of allylic oxidation sites excluding steroid dienone is 1. The van der Waals surface area contributed by atoms with Crippen LogP contribution in [0.25, 0.3) is 17.4 Å². The topological polar surface area (TPSA) is 85.8 Å². The summed E-state index contributed by atoms with van der Waals surface area (Å²) in [5.74, 6) is 1.64. The molecule has 1 atom stereocenters. The van der Waals surface area contributed by atoms with Crippen LogP contribution in [0.2, 0.25) is 0 Å². The first-order chi connectivity index (χ1) is 20.4. The van der Waals surface area contributed by atoms with Crippen LogP contribution in [-0.4, -0.2) is 17.1 Å². The monoisotopic (exact) mass is 639 g/mol. The van der Waals surface area contributed by atoms with Crippen molar-refractivity contribution in [1.29, 1.82) is 0 Å². The van der Waals surface area contributed by atoms with Crippen LogP contribution in [0.5, 0.6) is 5.75 Å². The van der Waals surface area contributed by atoms with Crippen molar-refractivity contribution in [3.63, 3.8) is 0 Å². The summed E-state index contributed by atoms with van der Waals surface area (Å²) in [5.41, 5.74) is 3.05. The second-order valence-corrected chi connectivity index (χ2v) is 11.5. The number of para-hydroxylation sites is 1. The lowest BCUT2D eigenvalue weighted by Gasteiger charge is -2.25. The number of carbonyl (C=O) groups is 1. The van der Waals surface area contributed by atoms with Gasteiger partial charge in [-0.1, -0.05) is 69.7 Å². The lowest BCUT2D eigenvalue weighted by atomic mass is 9.95. The van der Waals surface area contributed by atoms with Crippen molar-refractivity contribution in [2.45, 2.75) is 19.9 Å². The minimum Gasteiger partial charge on any atom is -0.494 e. The molecule has 1 aliphatic heterocycles. The Hall–Kier alpha value is -4.47. The van der Waals surface area contributed by atoms with E-state index in [-0.39, 0.29) is 11.5 Å². The summed E-state index contributed by atoms with van der Waals surface area (Å²) in [6, 6.07) is 27.6. The molecule has 2 aromatic heterocycles. The van der Waals surface area contributed by atoms with Gasteiger partial charge in [0.1, 0.15) is 17.3 Å². The largest absolute Gasteiger partial charge is 0.494 e. The van der Waals surface area contributed by atoms with Gasteiger partial charge in [-0.15, -0.1) is 0 Å². The van der Waals surface area contributed by atoms with E-state index in [1.165, 1.54) is 11.3 Å². The first kappa shape index (κ1) is 27.7. The number of hydrogen-bond acceptors (Lipinski definition) is 6. The van der Waals surface area contributed by atoms with Gasteiger partial charge in [0.15, 0.2) is 4.80 Å². The summed E-state index contributed by atoms with van der Waals surface area (Å²) < 4.78 is 14.7. The Morgan fingerprint density at radius 2 is 1.79 bits per heavy atom. The molecule has 0 saturated carbocycles. The van der Waals surface area contributed by atoms with Gasteiger partial charge >= 0.3 is 0 Å². The summed E-state index contributed by atoms with van der Waals surface area (Å²) >= 11 is 4.72. The molecule has 7 nitrogen and oxygen atoms in total. The Balaban J connectivity index is 1.44. The molecule has 0 spiro atoms. The van der Waals surface area contributed by atoms with E-state index in [0.29, 0.717) is 50.2 Å². The van der Waals surface area contributed by atoms with Crippen LogP contribution in [0.3, 0.4) is 0 Å². The summed E-state index contributed by atoms with van der Waals surface area (Å²) in [5, 5.41) is 2.97. The third kappa shape index (κ3) is 5.53. The number of rotatable bonds is 7. The summed E-state index contributed by atoms with van der Waals surface area (Å²) in [6.45, 7) is 4.26. The molecule has 1 aliphatic rings. The molecule has 3 aromatic carbocycles. The van der Waals surface area contributed by atoms with Gasteiger partial charge in [0, 0.05) is 21.8 Å². The fourth-order valence-corrected chi connectivity index (χ4v) is 6.18. The maximum atomic E-state index is 14.0. The molecule has 6 rings (SSSR count). The first-order valence-electron chi connectivity index (χ1n) is 13.4. The standard InChI is InChI=1S/C33H26BrN3O4S/c1-3-40-25-15-11-22(12-16-25)30-29(31(38)36-24-7-5-4-6-8-24)20(2)35-33-37(30)32(39)28(42-33)19-26-17-18-27(41-26)21-9-13-23(34)14-10-21/h4-19,30H,3H2,1-2H3,(H,36,38)/b28-19-/t30-/m0/s1. The van der Waals surface area contributed by atoms with Gasteiger partial charge in [0.2, 0.25) is 0 Å². The number of hydrogen-bond donors (Lipinski definition) is 1. The third-order valence-electron chi connectivity index (χ3n) is 6.83. The highest BCUT2D eigenvalue weighted by Crippen LogP contribution is 2.32. The van der Waals surface area contributed by atoms with Crippen molar-refractivity contribution >= 4 is 44.9 Å². The molecule has 0 bridgehead atoms. The number of amides is 1. The van der Waals surface area contributed by atoms with E-state index < -0.39 is 6.04 Å². The smallest absolute Gasteiger partial charge is 0.271 e. The van der Waals surface area contributed by atoms with Gasteiger partial charge in [-0.25, -0.2) is 4.99 Å². The van der Waals surface area contributed by atoms with Crippen LogP contribution >= 0.6 is 27.3 Å². The third-order valence-corrected chi connectivity index (χ3v) is 8.35. The number of nitrogens with one attached hydrogen (secondary N) is 1. The molecule has 1 N–H and O–H groups in total. The van der Waals surface area contributed by atoms with Crippen LogP contribution in [0, 0.1) is 0 Å². The molecule has 0 saturated heterocycles. The zero-order chi connectivity index (χ0) is 29.2. The van der Waals surface area contributed by atoms with Crippen molar-refractivity contribution in [2.24, 2.45) is 4.99 Å². The van der Waals surface area contributed by atoms with Gasteiger partial charge in [-0.2, -0.15) is 0 Å². The number of thiazole rings is 1. The number of fused-ring (bicyclic) bond motifs is 1. The average molecular weight is 641 g/mol. The maximum Gasteiger partial charge on any atom is 0.271 e. The van der Waals surface area contributed by atoms with Crippen molar-refractivity contribution in [3.8, 4) is 17.1 Å². The highest BCUT2D eigenvalue weighted by molar-refractivity contribution is 9.10. The fraction of sp³-hybridized carbons (Fsp3) is 0.121. The zero-order valence-electron chi connectivity index (χ0n) is 22.8. The number of aromatic nitrogens is 1. The zero-order valence-corrected chi connectivity index (χ0v) is 25.2. The number of nitrogens with zero attached hydrogens (tertiary/aromatic N) is 2. The second kappa shape index (κ2) is 11.8. The lowest BCUT2D eigenvalue weighted by molar-refractivity contribution is -0.113. The van der Waals surface area contributed by atoms with Crippen LogP contribution < -0.4 is 24.9 Å². The average Bonchev–Trinajstić information content (AvgIpc) is 3.58. The van der Waals surface area contributed by atoms with Crippen LogP contribution in [0.1, 0.15) is 31.2 Å². The lowest BCUT2D eigenvalue weighted by Crippen LogP contribution is -2.40. The number of halogens is 1. The summed E-state index contributed by atoms with van der Waals surface area (Å²) in [7, 11) is 0. The Kier molecular flexibility index (Phi) is 7.78. The van der Waals surface area contributed by atoms with Crippen LogP contribution in [0.4, 0.5) is 5.69 Å². The quantitative estimate of drug-likeness (QED) is 0.227. The van der Waals surface area contributed by atoms with E-state index in [4.69, 9.17) is 14.1 Å². The molecule has 42 heavy (non-hydrogen) atoms. The normalized spacial score (nSPS) is 14.8. The molecule has 0 radical (unpaired) electrons. The van der Waals surface area contributed by atoms with Gasteiger partial charge in [-0.05, 0) is 67.9 Å². The summed E-state index contributed by atoms with van der Waals surface area (Å²) in [4.78, 5) is 32.9. The molecule has 9 heteroatoms. The van der Waals surface area contributed by atoms with E-state index in [0.717, 1.165) is 15.6 Å². The SMILES string of the molecule is CCOc1ccc([C@H]2C(C(=O)Nc3ccccc3)=C(C)N=c3s/c(=C\c4ccc(-c5ccc(Br)cc5)o4)c(=O)n32)cc1. The van der Waals surface area contributed by atoms with E-state index in [1.807, 2.05) is 97.9 Å². The van der Waals surface area contributed by atoms with Crippen LogP contribution in [0.15, 0.2) is 121 Å². The van der Waals surface area contributed by atoms with E-state index in [2.05, 4.69) is 21.2 Å². The number of benzene rings is 3. The van der Waals surface area contributed by atoms with Crippen molar-refractivity contribution < 1.29 is 13.9 Å². The minimum absolute atomic E-state index is 0.253. The van der Waals surface area contributed by atoms with E-state index in [9.17, 15) is 9.59 Å². The number of ether oxygens (including phenoxy) is 1. The highest BCUT2D eigenvalue weighted by Gasteiger charge is 2.32. The van der Waals surface area contributed by atoms with E-state index in [1.54, 1.807) is 17.6 Å². The van der Waals surface area contributed by atoms with Crippen molar-refractivity contribution in [3.05, 3.63) is 138 Å². The van der Waals surface area contributed by atoms with Gasteiger partial charge in [-0.3, -0.25) is 14.2 Å². The molecule has 0 aliphatic carbocycles. The summed E-state index contributed by atoms with van der Waals surface area (Å²) in [6.07, 6.45) is 1.73. The predicted molar refractivity (Wildman–Crippen MR) is 168 cm³/mol. The fourth-order valence-electron chi connectivity index (χ4n) is 4.89.